The van der Waals surface area contributed by atoms with Crippen LogP contribution >= 0.6 is 0 Å². The van der Waals surface area contributed by atoms with E-state index in [2.05, 4.69) is 10.6 Å². The standard InChI is InChI=1S/C22H19F4N5O4S/c1-36(33,34)31-19-9-7-15(11-18(19)29-20(31)27)35-14-5-3-13(4-6-14)28-21(32)30-17-10-12(22(24,25)26)2-8-16(17)23/h2-11,20,29H,27H2,1H3,(H2,28,30,32). The van der Waals surface area contributed by atoms with E-state index in [0.717, 1.165) is 10.6 Å². The maximum atomic E-state index is 13.8. The molecule has 1 heterocycles. The van der Waals surface area contributed by atoms with E-state index in [1.165, 1.54) is 24.3 Å². The number of urea groups is 1. The highest BCUT2D eigenvalue weighted by molar-refractivity contribution is 7.92. The van der Waals surface area contributed by atoms with Crippen LogP contribution in [0.25, 0.3) is 0 Å². The molecule has 190 valence electrons. The van der Waals surface area contributed by atoms with Crippen molar-refractivity contribution in [1.82, 2.24) is 0 Å². The van der Waals surface area contributed by atoms with Crippen LogP contribution in [-0.4, -0.2) is 27.0 Å². The number of rotatable bonds is 5. The number of sulfonamides is 1. The number of anilines is 4. The molecule has 3 aromatic rings. The first-order chi connectivity index (χ1) is 16.8. The van der Waals surface area contributed by atoms with Gasteiger partial charge in [-0.05, 0) is 54.6 Å². The molecule has 0 spiro atoms. The summed E-state index contributed by atoms with van der Waals surface area (Å²) in [4.78, 5) is 12.1. The quantitative estimate of drug-likeness (QED) is 0.358. The Balaban J connectivity index is 1.40. The Morgan fingerprint density at radius 1 is 1.03 bits per heavy atom. The monoisotopic (exact) mass is 525 g/mol. The largest absolute Gasteiger partial charge is 0.457 e. The fourth-order valence-corrected chi connectivity index (χ4v) is 4.45. The number of carbonyl (C=O) groups is 1. The number of carbonyl (C=O) groups excluding carboxylic acids is 1. The van der Waals surface area contributed by atoms with Crippen LogP contribution < -0.4 is 30.7 Å². The SMILES string of the molecule is CS(=O)(=O)N1c2ccc(Oc3ccc(NC(=O)Nc4cc(C(F)(F)F)ccc4F)cc3)cc2NC1N. The van der Waals surface area contributed by atoms with Gasteiger partial charge in [-0.15, -0.1) is 0 Å². The van der Waals surface area contributed by atoms with Crippen molar-refractivity contribution in [3.8, 4) is 11.5 Å². The van der Waals surface area contributed by atoms with Crippen molar-refractivity contribution in [3.05, 3.63) is 72.0 Å². The molecule has 1 aliphatic heterocycles. The van der Waals surface area contributed by atoms with Gasteiger partial charge in [0, 0.05) is 11.8 Å². The lowest BCUT2D eigenvalue weighted by molar-refractivity contribution is -0.137. The van der Waals surface area contributed by atoms with E-state index < -0.39 is 45.6 Å². The average molecular weight is 525 g/mol. The van der Waals surface area contributed by atoms with Gasteiger partial charge in [0.25, 0.3) is 0 Å². The molecule has 0 bridgehead atoms. The third-order valence-electron chi connectivity index (χ3n) is 5.01. The van der Waals surface area contributed by atoms with Crippen molar-refractivity contribution >= 4 is 38.8 Å². The maximum Gasteiger partial charge on any atom is 0.416 e. The molecule has 0 aliphatic carbocycles. The molecule has 1 aliphatic rings. The van der Waals surface area contributed by atoms with Crippen molar-refractivity contribution in [2.24, 2.45) is 5.73 Å². The number of amides is 2. The molecule has 36 heavy (non-hydrogen) atoms. The first-order valence-electron chi connectivity index (χ1n) is 10.2. The van der Waals surface area contributed by atoms with Gasteiger partial charge >= 0.3 is 12.2 Å². The molecular weight excluding hydrogens is 506 g/mol. The van der Waals surface area contributed by atoms with E-state index in [9.17, 15) is 30.8 Å². The molecule has 0 saturated carbocycles. The molecule has 5 N–H and O–H groups in total. The minimum atomic E-state index is -4.69. The molecule has 0 fully saturated rings. The zero-order valence-electron chi connectivity index (χ0n) is 18.4. The Bertz CT molecular complexity index is 1410. The topological polar surface area (TPSA) is 126 Å². The van der Waals surface area contributed by atoms with Crippen LogP contribution in [0.1, 0.15) is 5.56 Å². The highest BCUT2D eigenvalue weighted by Gasteiger charge is 2.33. The fourth-order valence-electron chi connectivity index (χ4n) is 3.46. The smallest absolute Gasteiger partial charge is 0.416 e. The number of nitrogens with one attached hydrogen (secondary N) is 3. The molecule has 0 saturated heterocycles. The number of alkyl halides is 3. The molecule has 0 aromatic heterocycles. The Hall–Kier alpha value is -4.04. The summed E-state index contributed by atoms with van der Waals surface area (Å²) in [6, 6.07) is 11.4. The van der Waals surface area contributed by atoms with Gasteiger partial charge in [-0.3, -0.25) is 5.73 Å². The second-order valence-electron chi connectivity index (χ2n) is 7.72. The number of fused-ring (bicyclic) bond motifs is 1. The Kier molecular flexibility index (Phi) is 6.41. The Morgan fingerprint density at radius 2 is 1.69 bits per heavy atom. The van der Waals surface area contributed by atoms with Gasteiger partial charge in [0.05, 0.1) is 28.9 Å². The third kappa shape index (κ3) is 5.44. The van der Waals surface area contributed by atoms with Gasteiger partial charge in [-0.1, -0.05) is 0 Å². The molecule has 0 radical (unpaired) electrons. The zero-order valence-corrected chi connectivity index (χ0v) is 19.2. The molecule has 2 amide bonds. The minimum Gasteiger partial charge on any atom is -0.457 e. The summed E-state index contributed by atoms with van der Waals surface area (Å²) < 4.78 is 83.0. The number of ether oxygens (including phenoxy) is 1. The molecular formula is C22H19F4N5O4S. The van der Waals surface area contributed by atoms with Gasteiger partial charge in [-0.25, -0.2) is 21.9 Å². The molecule has 14 heteroatoms. The number of benzene rings is 3. The molecule has 4 rings (SSSR count). The van der Waals surface area contributed by atoms with Gasteiger partial charge in [-0.2, -0.15) is 13.2 Å². The van der Waals surface area contributed by atoms with Gasteiger partial charge in [0.15, 0.2) is 6.29 Å². The van der Waals surface area contributed by atoms with Crippen molar-refractivity contribution in [1.29, 1.82) is 0 Å². The summed E-state index contributed by atoms with van der Waals surface area (Å²) in [5, 5.41) is 7.28. The van der Waals surface area contributed by atoms with Crippen molar-refractivity contribution in [2.45, 2.75) is 12.5 Å². The summed E-state index contributed by atoms with van der Waals surface area (Å²) in [5.74, 6) is -0.277. The highest BCUT2D eigenvalue weighted by Crippen LogP contribution is 2.38. The van der Waals surface area contributed by atoms with Crippen LogP contribution in [0.5, 0.6) is 11.5 Å². The van der Waals surface area contributed by atoms with E-state index in [0.29, 0.717) is 41.1 Å². The fraction of sp³-hybridized carbons (Fsp3) is 0.136. The van der Waals surface area contributed by atoms with E-state index in [1.807, 2.05) is 5.32 Å². The van der Waals surface area contributed by atoms with Crippen LogP contribution in [0.3, 0.4) is 0 Å². The Labute approximate surface area is 202 Å². The van der Waals surface area contributed by atoms with Gasteiger partial charge in [0.2, 0.25) is 10.0 Å². The van der Waals surface area contributed by atoms with E-state index in [4.69, 9.17) is 10.5 Å². The van der Waals surface area contributed by atoms with Crippen LogP contribution in [0, 0.1) is 5.82 Å². The summed E-state index contributed by atoms with van der Waals surface area (Å²) in [7, 11) is -3.59. The number of nitrogens with two attached hydrogens (primary N) is 1. The summed E-state index contributed by atoms with van der Waals surface area (Å²) in [6.07, 6.45) is -4.60. The summed E-state index contributed by atoms with van der Waals surface area (Å²) >= 11 is 0. The lowest BCUT2D eigenvalue weighted by Gasteiger charge is -2.20. The number of hydrogen-bond donors (Lipinski definition) is 4. The number of hydrogen-bond acceptors (Lipinski definition) is 6. The Morgan fingerprint density at radius 3 is 2.33 bits per heavy atom. The van der Waals surface area contributed by atoms with Crippen molar-refractivity contribution < 1.29 is 35.5 Å². The van der Waals surface area contributed by atoms with Crippen molar-refractivity contribution in [2.75, 3.05) is 26.5 Å². The highest BCUT2D eigenvalue weighted by atomic mass is 32.2. The number of nitrogens with zero attached hydrogens (tertiary/aromatic N) is 1. The van der Waals surface area contributed by atoms with E-state index in [1.54, 1.807) is 18.2 Å². The lowest BCUT2D eigenvalue weighted by Crippen LogP contribution is -2.46. The normalized spacial score (nSPS) is 15.2. The minimum absolute atomic E-state index is 0.262. The van der Waals surface area contributed by atoms with Crippen LogP contribution in [0.15, 0.2) is 60.7 Å². The summed E-state index contributed by atoms with van der Waals surface area (Å²) in [5.41, 5.74) is 5.21. The first-order valence-corrected chi connectivity index (χ1v) is 12.0. The van der Waals surface area contributed by atoms with Crippen LogP contribution in [0.4, 0.5) is 45.1 Å². The second kappa shape index (κ2) is 9.20. The van der Waals surface area contributed by atoms with Crippen LogP contribution in [-0.2, 0) is 16.2 Å². The second-order valence-corrected chi connectivity index (χ2v) is 9.58. The summed E-state index contributed by atoms with van der Waals surface area (Å²) in [6.45, 7) is 0. The predicted octanol–water partition coefficient (Wildman–Crippen LogP) is 4.71. The van der Waals surface area contributed by atoms with Crippen LogP contribution in [0.2, 0.25) is 0 Å². The first kappa shape index (κ1) is 25.1. The lowest BCUT2D eigenvalue weighted by atomic mass is 10.2. The van der Waals surface area contributed by atoms with E-state index >= 15 is 0 Å². The van der Waals surface area contributed by atoms with Gasteiger partial charge in [0.1, 0.15) is 17.3 Å². The molecule has 3 aromatic carbocycles. The third-order valence-corrected chi connectivity index (χ3v) is 6.15. The predicted molar refractivity (Wildman–Crippen MR) is 126 cm³/mol. The zero-order chi connectivity index (χ0) is 26.3. The average Bonchev–Trinajstić information content (AvgIpc) is 3.11. The molecule has 1 unspecified atom stereocenters. The van der Waals surface area contributed by atoms with Crippen molar-refractivity contribution in [3.63, 3.8) is 0 Å². The maximum absolute atomic E-state index is 13.8. The molecule has 9 nitrogen and oxygen atoms in total. The molecule has 1 atom stereocenters. The van der Waals surface area contributed by atoms with E-state index in [-0.39, 0.29) is 5.69 Å². The van der Waals surface area contributed by atoms with Gasteiger partial charge < -0.3 is 20.7 Å². The number of halogens is 4.